The lowest BCUT2D eigenvalue weighted by molar-refractivity contribution is -0.161. The number of thiol groups is 1. The van der Waals surface area contributed by atoms with Crippen LogP contribution >= 0.6 is 71.0 Å². The van der Waals surface area contributed by atoms with Gasteiger partial charge >= 0.3 is 34.7 Å². The maximum absolute atomic E-state index is 14.2. The molecule has 0 aliphatic carbocycles. The Labute approximate surface area is 418 Å². The third-order valence-electron chi connectivity index (χ3n) is 9.21. The van der Waals surface area contributed by atoms with Crippen LogP contribution in [0.25, 0.3) is 0 Å². The Morgan fingerprint density at radius 1 is 0.750 bits per heavy atom. The third-order valence-corrected chi connectivity index (χ3v) is 12.2. The summed E-state index contributed by atoms with van der Waals surface area (Å²) in [7, 11) is -4.38. The summed E-state index contributed by atoms with van der Waals surface area (Å²) < 4.78 is 123. The van der Waals surface area contributed by atoms with Crippen molar-refractivity contribution in [2.75, 3.05) is 0 Å². The molecule has 4 aromatic carbocycles. The van der Waals surface area contributed by atoms with Gasteiger partial charge in [0.25, 0.3) is 0 Å². The Morgan fingerprint density at radius 3 is 1.56 bits per heavy atom. The average Bonchev–Trinajstić information content (AvgIpc) is 3.63. The van der Waals surface area contributed by atoms with E-state index in [1.165, 1.54) is 42.5 Å². The van der Waals surface area contributed by atoms with Crippen LogP contribution in [-0.2, 0) is 33.7 Å². The Bertz CT molecular complexity index is 2650. The molecule has 11 nitrogen and oxygen atoms in total. The summed E-state index contributed by atoms with van der Waals surface area (Å²) in [6.07, 6.45) is -10.8. The van der Waals surface area contributed by atoms with Gasteiger partial charge in [-0.2, -0.15) is 57.6 Å². The standard InChI is InChI=1S/C22H20Cl2F3NO2S.C22H21Cl2F3O3S.H3NO4S/c1-12-7-13(5-6-17(12)19(29)30-20(2,3)4)18-11-21(31-28-18,22(25,26)27)14-8-15(23)10-16(24)9-14;1-12-7-13(5-6-17(12)19(29)30-20(2,3)4)18(28)11-21(31,22(25,26)27)14-8-15(23)10-16(24)9-14;1-5-6(2,3)4/h5-10H,11H2,1-4H3;5-10,31H,11H2,1-4H3;1H2,(H,2,3,4). The highest BCUT2D eigenvalue weighted by atomic mass is 35.5. The summed E-state index contributed by atoms with van der Waals surface area (Å²) in [6.45, 7) is 13.7. The number of hydrogen-bond acceptors (Lipinski definition) is 12. The summed E-state index contributed by atoms with van der Waals surface area (Å²) in [6, 6.07) is 16.2. The zero-order valence-electron chi connectivity index (χ0n) is 37.1. The van der Waals surface area contributed by atoms with Crippen LogP contribution < -0.4 is 5.90 Å². The number of carbonyl (C=O) groups is 3. The van der Waals surface area contributed by atoms with Gasteiger partial charge in [-0.1, -0.05) is 58.5 Å². The quantitative estimate of drug-likeness (QED) is 0.0277. The largest absolute Gasteiger partial charge is 0.456 e. The Kier molecular flexibility index (Phi) is 19.2. The summed E-state index contributed by atoms with van der Waals surface area (Å²) in [5.74, 6) is 2.09. The van der Waals surface area contributed by atoms with E-state index in [1.54, 1.807) is 73.6 Å². The van der Waals surface area contributed by atoms with E-state index in [2.05, 4.69) is 27.2 Å². The van der Waals surface area contributed by atoms with Gasteiger partial charge in [-0.25, -0.2) is 14.0 Å². The summed E-state index contributed by atoms with van der Waals surface area (Å²) in [5, 5.41) is 0.237. The summed E-state index contributed by atoms with van der Waals surface area (Å²) >= 11 is 28.0. The van der Waals surface area contributed by atoms with Crippen LogP contribution in [0.3, 0.4) is 0 Å². The molecule has 3 N–H and O–H groups in total. The van der Waals surface area contributed by atoms with Gasteiger partial charge in [0.15, 0.2) is 10.5 Å². The molecule has 24 heteroatoms. The molecule has 2 unspecified atom stereocenters. The van der Waals surface area contributed by atoms with Crippen molar-refractivity contribution < 1.29 is 67.5 Å². The molecule has 0 saturated carbocycles. The molecule has 0 spiro atoms. The second kappa shape index (κ2) is 22.2. The Balaban J connectivity index is 0.000000322. The van der Waals surface area contributed by atoms with Crippen molar-refractivity contribution in [1.29, 1.82) is 0 Å². The van der Waals surface area contributed by atoms with Gasteiger partial charge < -0.3 is 9.47 Å². The van der Waals surface area contributed by atoms with E-state index in [9.17, 15) is 49.1 Å². The minimum absolute atomic E-state index is 0.00446. The number of benzene rings is 4. The van der Waals surface area contributed by atoms with Crippen LogP contribution in [0.2, 0.25) is 20.1 Å². The number of rotatable bonds is 9. The second-order valence-electron chi connectivity index (χ2n) is 17.0. The van der Waals surface area contributed by atoms with E-state index in [0.717, 1.165) is 12.1 Å². The van der Waals surface area contributed by atoms with E-state index in [1.807, 2.05) is 0 Å². The predicted molar refractivity (Wildman–Crippen MR) is 255 cm³/mol. The Hall–Kier alpha value is -3.57. The van der Waals surface area contributed by atoms with Gasteiger partial charge in [-0.15, -0.1) is 0 Å². The molecule has 1 aliphatic rings. The van der Waals surface area contributed by atoms with Crippen LogP contribution in [0.1, 0.15) is 113 Å². The van der Waals surface area contributed by atoms with Gasteiger partial charge in [0.1, 0.15) is 15.9 Å². The van der Waals surface area contributed by atoms with E-state index < -0.39 is 67.6 Å². The number of Topliss-reactive ketones (excluding diaryl/α,β-unsaturated/α-hetero) is 1. The van der Waals surface area contributed by atoms with Crippen LogP contribution in [0.5, 0.6) is 0 Å². The lowest BCUT2D eigenvalue weighted by Gasteiger charge is -2.31. The van der Waals surface area contributed by atoms with Gasteiger partial charge in [-0.05, 0) is 156 Å². The number of aryl methyl sites for hydroxylation is 2. The molecule has 68 heavy (non-hydrogen) atoms. The first-order chi connectivity index (χ1) is 30.8. The molecule has 0 aromatic heterocycles. The van der Waals surface area contributed by atoms with Crippen molar-refractivity contribution in [2.45, 2.75) is 101 Å². The number of nitrogens with two attached hydrogens (primary N) is 1. The van der Waals surface area contributed by atoms with E-state index in [-0.39, 0.29) is 54.5 Å². The molecule has 0 saturated heterocycles. The molecule has 1 aliphatic heterocycles. The molecule has 0 fully saturated rings. The molecule has 4 aromatic rings. The van der Waals surface area contributed by atoms with Gasteiger partial charge in [0.2, 0.25) is 0 Å². The van der Waals surface area contributed by atoms with Crippen LogP contribution in [0, 0.1) is 13.8 Å². The van der Waals surface area contributed by atoms with Crippen molar-refractivity contribution in [3.63, 3.8) is 0 Å². The zero-order valence-corrected chi connectivity index (χ0v) is 42.7. The Morgan fingerprint density at radius 2 is 1.18 bits per heavy atom. The zero-order chi connectivity index (χ0) is 52.2. The smallest absolute Gasteiger partial charge is 0.413 e. The van der Waals surface area contributed by atoms with Crippen molar-refractivity contribution in [3.8, 4) is 0 Å². The molecule has 1 heterocycles. The highest BCUT2D eigenvalue weighted by molar-refractivity contribution is 7.99. The number of halogens is 10. The number of carbonyl (C=O) groups excluding carboxylic acids is 3. The van der Waals surface area contributed by atoms with Crippen LogP contribution in [0.4, 0.5) is 26.3 Å². The van der Waals surface area contributed by atoms with Crippen molar-refractivity contribution in [3.05, 3.63) is 137 Å². The number of hydrogen-bond donors (Lipinski definition) is 3. The minimum atomic E-state index is -4.87. The van der Waals surface area contributed by atoms with Crippen molar-refractivity contribution in [2.24, 2.45) is 10.3 Å². The maximum atomic E-state index is 14.2. The highest BCUT2D eigenvalue weighted by Gasteiger charge is 2.60. The molecule has 0 radical (unpaired) electrons. The van der Waals surface area contributed by atoms with Gasteiger partial charge in [0.05, 0.1) is 16.8 Å². The van der Waals surface area contributed by atoms with E-state index in [4.69, 9.17) is 60.4 Å². The maximum Gasteiger partial charge on any atom is 0.413 e. The molecule has 0 amide bonds. The monoisotopic (exact) mass is 1090 g/mol. The van der Waals surface area contributed by atoms with E-state index >= 15 is 0 Å². The third kappa shape index (κ3) is 16.0. The summed E-state index contributed by atoms with van der Waals surface area (Å²) in [4.78, 5) is 37.4. The molecule has 5 rings (SSSR count). The van der Waals surface area contributed by atoms with Crippen molar-refractivity contribution in [1.82, 2.24) is 0 Å². The second-order valence-corrected chi connectivity index (χ2v) is 21.6. The lowest BCUT2D eigenvalue weighted by atomic mass is 9.89. The first-order valence-electron chi connectivity index (χ1n) is 19.4. The van der Waals surface area contributed by atoms with Crippen LogP contribution in [-0.4, -0.2) is 60.0 Å². The molecular formula is C44H44Cl4F6N2O9S3. The lowest BCUT2D eigenvalue weighted by Crippen LogP contribution is -2.39. The molecule has 0 bridgehead atoms. The van der Waals surface area contributed by atoms with Gasteiger partial charge in [0, 0.05) is 38.5 Å². The number of nitrogens with zero attached hydrogens (tertiary/aromatic N) is 1. The number of ketones is 1. The first-order valence-corrected chi connectivity index (χ1v) is 23.5. The fraction of sp³-hybridized carbons (Fsp3) is 0.364. The molecule has 2 atom stereocenters. The predicted octanol–water partition coefficient (Wildman–Crippen LogP) is 13.5. The number of ether oxygens (including phenoxy) is 2. The van der Waals surface area contributed by atoms with E-state index in [0.29, 0.717) is 34.2 Å². The fourth-order valence-corrected chi connectivity index (χ4v) is 8.43. The van der Waals surface area contributed by atoms with Crippen molar-refractivity contribution >= 4 is 105 Å². The molecule has 372 valence electrons. The van der Waals surface area contributed by atoms with Crippen LogP contribution in [0.15, 0.2) is 77.2 Å². The fourth-order valence-electron chi connectivity index (χ4n) is 6.14. The SMILES string of the molecule is Cc1cc(C(=O)CC(S)(c2cc(Cl)cc(Cl)c2)C(F)(F)F)ccc1C(=O)OC(C)(C)C.Cc1cc(C2=NSC(c3cc(Cl)cc(Cl)c3)(C(F)(F)F)C2)ccc1C(=O)OC(C)(C)C.NOS(=O)(=O)O. The minimum Gasteiger partial charge on any atom is -0.456 e. The highest BCUT2D eigenvalue weighted by Crippen LogP contribution is 2.57. The summed E-state index contributed by atoms with van der Waals surface area (Å²) in [5.41, 5.74) is 0.620. The normalized spacial score (nSPS) is 16.3. The molecular weight excluding hydrogens is 1050 g/mol. The van der Waals surface area contributed by atoms with Gasteiger partial charge in [-0.3, -0.25) is 9.35 Å². The number of esters is 2. The number of alkyl halides is 6. The first kappa shape index (κ1) is 58.7. The topological polar surface area (TPSA) is 172 Å². The average molecular weight is 1100 g/mol.